The van der Waals surface area contributed by atoms with Crippen molar-refractivity contribution in [2.45, 2.75) is 24.9 Å². The van der Waals surface area contributed by atoms with Crippen LogP contribution in [0.2, 0.25) is 0 Å². The van der Waals surface area contributed by atoms with Gasteiger partial charge in [-0.2, -0.15) is 9.61 Å². The number of amides is 1. The molecule has 1 aliphatic carbocycles. The van der Waals surface area contributed by atoms with E-state index in [0.717, 1.165) is 19.4 Å². The molecule has 1 unspecified atom stereocenters. The summed E-state index contributed by atoms with van der Waals surface area (Å²) < 4.78 is 14.3. The smallest absolute Gasteiger partial charge is 0.274 e. The Bertz CT molecular complexity index is 1290. The second-order valence-corrected chi connectivity index (χ2v) is 9.06. The van der Waals surface area contributed by atoms with Gasteiger partial charge in [-0.3, -0.25) is 9.59 Å². The number of nitrogens with zero attached hydrogens (tertiary/aromatic N) is 4. The minimum atomic E-state index is -0.208. The molecule has 2 aliphatic heterocycles. The molecule has 3 N–H and O–H groups in total. The Morgan fingerprint density at radius 1 is 1.21 bits per heavy atom. The number of pyridine rings is 1. The van der Waals surface area contributed by atoms with Crippen molar-refractivity contribution in [3.05, 3.63) is 46.5 Å². The Morgan fingerprint density at radius 3 is 2.82 bits per heavy atom. The predicted octanol–water partition coefficient (Wildman–Crippen LogP) is 1.40. The van der Waals surface area contributed by atoms with Crippen molar-refractivity contribution in [2.75, 3.05) is 44.1 Å². The number of nitrogens with one attached hydrogen (secondary N) is 3. The molecule has 3 aromatic heterocycles. The third-order valence-corrected chi connectivity index (χ3v) is 6.99. The van der Waals surface area contributed by atoms with Gasteiger partial charge in [0, 0.05) is 43.8 Å². The molecule has 0 spiro atoms. The molecule has 6 rings (SSSR count). The van der Waals surface area contributed by atoms with Crippen LogP contribution in [0.1, 0.15) is 29.2 Å². The van der Waals surface area contributed by atoms with Crippen LogP contribution in [0, 0.1) is 11.8 Å². The lowest BCUT2D eigenvalue weighted by molar-refractivity contribution is 0.0581. The van der Waals surface area contributed by atoms with Crippen molar-refractivity contribution in [3.63, 3.8) is 0 Å². The Kier molecular flexibility index (Phi) is 5.22. The normalized spacial score (nSPS) is 25.7. The lowest BCUT2D eigenvalue weighted by Crippen LogP contribution is -2.31. The van der Waals surface area contributed by atoms with E-state index in [9.17, 15) is 9.59 Å². The zero-order valence-electron chi connectivity index (χ0n) is 18.9. The quantitative estimate of drug-likeness (QED) is 0.499. The number of rotatable bonds is 6. The summed E-state index contributed by atoms with van der Waals surface area (Å²) in [5.41, 5.74) is 1.06. The highest BCUT2D eigenvalue weighted by atomic mass is 16.5. The summed E-state index contributed by atoms with van der Waals surface area (Å²) in [5, 5.41) is 13.7. The number of hydrogen-bond donors (Lipinski definition) is 3. The van der Waals surface area contributed by atoms with Crippen LogP contribution in [-0.2, 0) is 9.47 Å². The molecule has 0 radical (unpaired) electrons. The van der Waals surface area contributed by atoms with Gasteiger partial charge in [0.2, 0.25) is 0 Å². The first-order chi connectivity index (χ1) is 16.6. The molecule has 3 aliphatic rings. The lowest BCUT2D eigenvalue weighted by atomic mass is 10.1. The molecule has 34 heavy (non-hydrogen) atoms. The van der Waals surface area contributed by atoms with Crippen LogP contribution in [0.15, 0.2) is 35.4 Å². The average molecular weight is 466 g/mol. The summed E-state index contributed by atoms with van der Waals surface area (Å²) >= 11 is 0. The fraction of sp³-hybridized carbons (Fsp3) is 0.478. The van der Waals surface area contributed by atoms with Gasteiger partial charge in [-0.1, -0.05) is 0 Å². The largest absolute Gasteiger partial charge is 0.381 e. The lowest BCUT2D eigenvalue weighted by Gasteiger charge is -2.24. The summed E-state index contributed by atoms with van der Waals surface area (Å²) in [6.45, 7) is 2.65. The van der Waals surface area contributed by atoms with E-state index >= 15 is 0 Å². The van der Waals surface area contributed by atoms with Crippen molar-refractivity contribution in [3.8, 4) is 0 Å². The zero-order valence-corrected chi connectivity index (χ0v) is 18.9. The standard InChI is InChI=1S/C23H27N7O4/c1-24-19-8-18(26-17-5-2-6-29(23(17)32)13-4-3-7-33-10-13)27-21-14(9-25-30(19)21)22(31)28-20-15-11-34-12-16(15)20/h2,5-6,8-9,13,15-16,20,24H,3-4,7,10-12H2,1H3,(H,26,27)(H,28,31)/t13-,15-,16+,20?/m1/s1. The van der Waals surface area contributed by atoms with Gasteiger partial charge in [0.1, 0.15) is 22.9 Å². The molecular weight excluding hydrogens is 438 g/mol. The van der Waals surface area contributed by atoms with Crippen LogP contribution >= 0.6 is 0 Å². The molecule has 11 nitrogen and oxygen atoms in total. The van der Waals surface area contributed by atoms with Gasteiger partial charge in [0.15, 0.2) is 5.65 Å². The van der Waals surface area contributed by atoms with E-state index < -0.39 is 0 Å². The van der Waals surface area contributed by atoms with E-state index in [-0.39, 0.29) is 23.6 Å². The van der Waals surface area contributed by atoms with Crippen LogP contribution < -0.4 is 21.5 Å². The zero-order chi connectivity index (χ0) is 23.2. The van der Waals surface area contributed by atoms with E-state index in [1.165, 1.54) is 6.20 Å². The highest BCUT2D eigenvalue weighted by molar-refractivity contribution is 6.00. The molecule has 2 saturated heterocycles. The monoisotopic (exact) mass is 465 g/mol. The van der Waals surface area contributed by atoms with Gasteiger partial charge in [0.25, 0.3) is 11.5 Å². The van der Waals surface area contributed by atoms with Crippen LogP contribution in [0.25, 0.3) is 5.65 Å². The minimum Gasteiger partial charge on any atom is -0.381 e. The highest BCUT2D eigenvalue weighted by Gasteiger charge is 2.54. The Morgan fingerprint density at radius 2 is 2.06 bits per heavy atom. The molecule has 11 heteroatoms. The van der Waals surface area contributed by atoms with Crippen LogP contribution in [-0.4, -0.2) is 64.6 Å². The second-order valence-electron chi connectivity index (χ2n) is 9.06. The SMILES string of the molecule is CNc1cc(Nc2cccn([C@@H]3CCCOC3)c2=O)nc2c(C(=O)NC3[C@H]4COC[C@@H]34)cnn12. The first-order valence-corrected chi connectivity index (χ1v) is 11.6. The molecular formula is C23H27N7O4. The molecule has 3 aromatic rings. The third kappa shape index (κ3) is 3.61. The molecule has 4 atom stereocenters. The molecule has 1 saturated carbocycles. The van der Waals surface area contributed by atoms with E-state index in [0.29, 0.717) is 60.2 Å². The number of ether oxygens (including phenoxy) is 2. The number of carbonyl (C=O) groups is 1. The Hall–Kier alpha value is -3.44. The molecule has 0 bridgehead atoms. The minimum absolute atomic E-state index is 0.0174. The summed E-state index contributed by atoms with van der Waals surface area (Å²) in [6, 6.07) is 5.48. The fourth-order valence-corrected chi connectivity index (χ4v) is 5.02. The predicted molar refractivity (Wildman–Crippen MR) is 125 cm³/mol. The van der Waals surface area contributed by atoms with Gasteiger partial charge in [-0.05, 0) is 25.0 Å². The van der Waals surface area contributed by atoms with Crippen molar-refractivity contribution in [2.24, 2.45) is 11.8 Å². The fourth-order valence-electron chi connectivity index (χ4n) is 5.02. The molecule has 3 fully saturated rings. The summed E-state index contributed by atoms with van der Waals surface area (Å²) in [7, 11) is 1.77. The molecule has 178 valence electrons. The summed E-state index contributed by atoms with van der Waals surface area (Å²) in [4.78, 5) is 30.8. The van der Waals surface area contributed by atoms with Gasteiger partial charge in [0.05, 0.1) is 32.1 Å². The maximum absolute atomic E-state index is 13.1. The van der Waals surface area contributed by atoms with Crippen LogP contribution in [0.3, 0.4) is 0 Å². The first-order valence-electron chi connectivity index (χ1n) is 11.6. The second kappa shape index (κ2) is 8.41. The van der Waals surface area contributed by atoms with E-state index in [4.69, 9.17) is 9.47 Å². The number of carbonyl (C=O) groups excluding carboxylic acids is 1. The van der Waals surface area contributed by atoms with Crippen molar-refractivity contribution >= 4 is 28.9 Å². The maximum Gasteiger partial charge on any atom is 0.274 e. The third-order valence-electron chi connectivity index (χ3n) is 6.99. The number of anilines is 3. The van der Waals surface area contributed by atoms with Gasteiger partial charge in [-0.15, -0.1) is 0 Å². The van der Waals surface area contributed by atoms with E-state index in [1.54, 1.807) is 34.5 Å². The van der Waals surface area contributed by atoms with Crippen molar-refractivity contribution in [1.82, 2.24) is 24.5 Å². The highest BCUT2D eigenvalue weighted by Crippen LogP contribution is 2.44. The first kappa shape index (κ1) is 21.1. The van der Waals surface area contributed by atoms with Crippen LogP contribution in [0.4, 0.5) is 17.3 Å². The number of fused-ring (bicyclic) bond motifs is 2. The van der Waals surface area contributed by atoms with Crippen LogP contribution in [0.5, 0.6) is 0 Å². The Labute approximate surface area is 195 Å². The van der Waals surface area contributed by atoms with Crippen molar-refractivity contribution < 1.29 is 14.3 Å². The Balaban J connectivity index is 1.29. The van der Waals surface area contributed by atoms with Gasteiger partial charge in [-0.25, -0.2) is 4.98 Å². The number of aromatic nitrogens is 4. The molecule has 1 amide bonds. The van der Waals surface area contributed by atoms with E-state index in [1.807, 2.05) is 6.07 Å². The number of hydrogen-bond acceptors (Lipinski definition) is 8. The molecule has 5 heterocycles. The maximum atomic E-state index is 13.1. The van der Waals surface area contributed by atoms with Gasteiger partial charge < -0.3 is 30.0 Å². The summed E-state index contributed by atoms with van der Waals surface area (Å²) in [5.74, 6) is 1.68. The van der Waals surface area contributed by atoms with Crippen molar-refractivity contribution in [1.29, 1.82) is 0 Å². The molecule has 0 aromatic carbocycles. The summed E-state index contributed by atoms with van der Waals surface area (Å²) in [6.07, 6.45) is 5.15. The van der Waals surface area contributed by atoms with Gasteiger partial charge >= 0.3 is 0 Å². The van der Waals surface area contributed by atoms with E-state index in [2.05, 4.69) is 26.0 Å². The average Bonchev–Trinajstić information content (AvgIpc) is 3.22. The topological polar surface area (TPSA) is 124 Å².